The number of hydrogen-bond donors (Lipinski definition) is 0. The van der Waals surface area contributed by atoms with Crippen molar-refractivity contribution in [3.8, 4) is 0 Å². The molecule has 0 bridgehead atoms. The lowest BCUT2D eigenvalue weighted by Crippen LogP contribution is -2.38. The minimum atomic E-state index is -0.502. The predicted molar refractivity (Wildman–Crippen MR) is 87.6 cm³/mol. The van der Waals surface area contributed by atoms with Crippen LogP contribution in [0.5, 0.6) is 0 Å². The van der Waals surface area contributed by atoms with Gasteiger partial charge in [-0.1, -0.05) is 59.9 Å². The van der Waals surface area contributed by atoms with Gasteiger partial charge in [0.05, 0.1) is 14.6 Å². The maximum absolute atomic E-state index is 6.43. The molecule has 6 heteroatoms. The molecule has 0 N–H and O–H groups in total. The van der Waals surface area contributed by atoms with Gasteiger partial charge in [-0.05, 0) is 13.8 Å². The Morgan fingerprint density at radius 2 is 1.75 bits per heavy atom. The molecule has 16 heavy (non-hydrogen) atoms. The van der Waals surface area contributed by atoms with Gasteiger partial charge in [-0.2, -0.15) is 0 Å². The van der Waals surface area contributed by atoms with E-state index in [4.69, 9.17) is 34.8 Å². The van der Waals surface area contributed by atoms with Crippen molar-refractivity contribution in [1.82, 2.24) is 0 Å². The molecule has 0 rings (SSSR count). The lowest BCUT2D eigenvalue weighted by molar-refractivity contribution is 0.658. The van der Waals surface area contributed by atoms with E-state index in [0.29, 0.717) is 11.2 Å². The van der Waals surface area contributed by atoms with E-state index < -0.39 is 9.75 Å². The van der Waals surface area contributed by atoms with Gasteiger partial charge in [0.15, 0.2) is 0 Å². The first-order valence-electron chi connectivity index (χ1n) is 4.64. The summed E-state index contributed by atoms with van der Waals surface area (Å²) in [5.74, 6) is 0.451. The molecule has 0 aromatic rings. The molecular weight excluding hydrogens is 466 g/mol. The monoisotopic (exact) mass is 476 g/mol. The minimum Gasteiger partial charge on any atom is -0.125 e. The van der Waals surface area contributed by atoms with Crippen LogP contribution in [-0.4, -0.2) is 30.6 Å². The predicted octanol–water partition coefficient (Wildman–Crippen LogP) is 5.70. The van der Waals surface area contributed by atoms with E-state index >= 15 is 0 Å². The highest BCUT2D eigenvalue weighted by atomic mass is 79.9. The second kappa shape index (κ2) is 7.59. The molecule has 96 valence electrons. The van der Waals surface area contributed by atoms with Gasteiger partial charge >= 0.3 is 0 Å². The number of allylic oxidation sites excluding steroid dienone is 2. The largest absolute Gasteiger partial charge is 0.125 e. The van der Waals surface area contributed by atoms with E-state index in [1.807, 2.05) is 26.0 Å². The van der Waals surface area contributed by atoms with Crippen LogP contribution >= 0.6 is 82.6 Å². The number of alkyl halides is 6. The third-order valence-corrected chi connectivity index (χ3v) is 8.15. The molecule has 0 saturated carbocycles. The van der Waals surface area contributed by atoms with Gasteiger partial charge in [0.2, 0.25) is 0 Å². The first-order valence-corrected chi connectivity index (χ1v) is 8.89. The van der Waals surface area contributed by atoms with Crippen LogP contribution in [0.1, 0.15) is 13.8 Å². The summed E-state index contributed by atoms with van der Waals surface area (Å²) in [5, 5.41) is 0.685. The number of hydrogen-bond acceptors (Lipinski definition) is 0. The molecule has 0 saturated heterocycles. The summed E-state index contributed by atoms with van der Waals surface area (Å²) in [5.41, 5.74) is 0. The summed E-state index contributed by atoms with van der Waals surface area (Å²) in [6, 6.07) is 0. The molecule has 0 heterocycles. The Morgan fingerprint density at radius 3 is 2.12 bits per heavy atom. The first-order chi connectivity index (χ1) is 7.17. The molecule has 0 radical (unpaired) electrons. The lowest BCUT2D eigenvalue weighted by atomic mass is 10.0. The van der Waals surface area contributed by atoms with E-state index in [0.717, 1.165) is 0 Å². The van der Waals surface area contributed by atoms with Crippen molar-refractivity contribution in [2.45, 2.75) is 33.3 Å². The van der Waals surface area contributed by atoms with Crippen molar-refractivity contribution in [2.75, 3.05) is 11.2 Å². The zero-order chi connectivity index (χ0) is 13.0. The Balaban J connectivity index is 4.63. The quantitative estimate of drug-likeness (QED) is 0.338. The highest BCUT2D eigenvalue weighted by Crippen LogP contribution is 2.35. The number of rotatable bonds is 6. The third-order valence-electron chi connectivity index (χ3n) is 2.16. The van der Waals surface area contributed by atoms with Crippen LogP contribution in [-0.2, 0) is 0 Å². The third kappa shape index (κ3) is 5.79. The summed E-state index contributed by atoms with van der Waals surface area (Å²) in [7, 11) is 0. The molecule has 0 aliphatic rings. The Labute approximate surface area is 138 Å². The van der Waals surface area contributed by atoms with E-state index in [1.165, 1.54) is 0 Å². The van der Waals surface area contributed by atoms with Crippen molar-refractivity contribution in [2.24, 2.45) is 0 Å². The molecule has 0 aromatic carbocycles. The van der Waals surface area contributed by atoms with Crippen molar-refractivity contribution in [1.29, 1.82) is 0 Å². The Morgan fingerprint density at radius 1 is 1.25 bits per heavy atom. The molecule has 0 aromatic heterocycles. The van der Waals surface area contributed by atoms with Gasteiger partial charge in [-0.3, -0.25) is 0 Å². The van der Waals surface area contributed by atoms with E-state index in [9.17, 15) is 0 Å². The highest BCUT2D eigenvalue weighted by molar-refractivity contribution is 9.10. The van der Waals surface area contributed by atoms with Crippen LogP contribution in [0.4, 0.5) is 0 Å². The molecule has 0 aliphatic carbocycles. The highest BCUT2D eigenvalue weighted by Gasteiger charge is 2.35. The van der Waals surface area contributed by atoms with Gasteiger partial charge in [0, 0.05) is 16.0 Å². The maximum atomic E-state index is 6.43. The van der Waals surface area contributed by atoms with Crippen LogP contribution in [0.2, 0.25) is 0 Å². The molecular formula is C10H14Br3Cl3. The lowest BCUT2D eigenvalue weighted by Gasteiger charge is -2.30. The average molecular weight is 480 g/mol. The fourth-order valence-corrected chi connectivity index (χ4v) is 2.76. The van der Waals surface area contributed by atoms with Crippen LogP contribution in [0.15, 0.2) is 12.2 Å². The van der Waals surface area contributed by atoms with Crippen molar-refractivity contribution in [3.05, 3.63) is 12.2 Å². The summed E-state index contributed by atoms with van der Waals surface area (Å²) in [6.45, 7) is 3.86. The van der Waals surface area contributed by atoms with Gasteiger partial charge in [0.25, 0.3) is 0 Å². The normalized spacial score (nSPS) is 23.8. The number of halogens is 6. The summed E-state index contributed by atoms with van der Waals surface area (Å²) >= 11 is 28.8. The fraction of sp³-hybridized carbons (Fsp3) is 0.800. The summed E-state index contributed by atoms with van der Waals surface area (Å²) in [4.78, 5) is -0.899. The average Bonchev–Trinajstić information content (AvgIpc) is 2.24. The van der Waals surface area contributed by atoms with E-state index in [-0.39, 0.29) is 9.65 Å². The zero-order valence-electron chi connectivity index (χ0n) is 8.99. The Hall–Kier alpha value is 2.05. The molecule has 4 unspecified atom stereocenters. The summed E-state index contributed by atoms with van der Waals surface area (Å²) in [6.07, 6.45) is 3.89. The van der Waals surface area contributed by atoms with E-state index in [1.54, 1.807) is 0 Å². The van der Waals surface area contributed by atoms with Crippen LogP contribution in [0.25, 0.3) is 0 Å². The van der Waals surface area contributed by atoms with Crippen molar-refractivity contribution >= 4 is 82.6 Å². The van der Waals surface area contributed by atoms with Gasteiger partial charge < -0.3 is 0 Å². The van der Waals surface area contributed by atoms with Crippen molar-refractivity contribution in [3.63, 3.8) is 0 Å². The molecule has 0 aliphatic heterocycles. The molecule has 0 fully saturated rings. The van der Waals surface area contributed by atoms with Gasteiger partial charge in [0.1, 0.15) is 0 Å². The molecule has 4 atom stereocenters. The topological polar surface area (TPSA) is 0 Å². The van der Waals surface area contributed by atoms with Crippen LogP contribution < -0.4 is 0 Å². The Bertz CT molecular complexity index is 241. The molecule has 0 spiro atoms. The Kier molecular flexibility index (Phi) is 8.57. The summed E-state index contributed by atoms with van der Waals surface area (Å²) < 4.78 is 0. The second-order valence-electron chi connectivity index (χ2n) is 3.95. The minimum absolute atomic E-state index is 0.0121. The second-order valence-corrected chi connectivity index (χ2v) is 8.58. The first kappa shape index (κ1) is 18.0. The van der Waals surface area contributed by atoms with Crippen LogP contribution in [0.3, 0.4) is 0 Å². The van der Waals surface area contributed by atoms with E-state index in [2.05, 4.69) is 47.8 Å². The fourth-order valence-electron chi connectivity index (χ4n) is 0.841. The molecule has 0 amide bonds. The SMILES string of the molecule is CC(Cl)(/C=C/C(Br)C(C)(Cl)C(Br)CCl)CBr. The van der Waals surface area contributed by atoms with Gasteiger partial charge in [-0.15, -0.1) is 34.8 Å². The van der Waals surface area contributed by atoms with Crippen LogP contribution in [0, 0.1) is 0 Å². The molecule has 0 nitrogen and oxygen atoms in total. The standard InChI is InChI=1S/C10H14Br3Cl3/c1-9(15,6-11)4-3-7(12)10(2,16)8(13)5-14/h3-4,7-8H,5-6H2,1-2H3/b4-3+. The zero-order valence-corrected chi connectivity index (χ0v) is 16.0. The van der Waals surface area contributed by atoms with Gasteiger partial charge in [-0.25, -0.2) is 0 Å². The maximum Gasteiger partial charge on any atom is 0.0714 e. The van der Waals surface area contributed by atoms with Crippen molar-refractivity contribution < 1.29 is 0 Å². The smallest absolute Gasteiger partial charge is 0.0714 e.